The Hall–Kier alpha value is -0.740. The first kappa shape index (κ1) is 12.3. The summed E-state index contributed by atoms with van der Waals surface area (Å²) in [5.41, 5.74) is 3.76. The highest BCUT2D eigenvalue weighted by molar-refractivity contribution is 4.97. The molecule has 0 amide bonds. The Balaban J connectivity index is 2.26. The van der Waals surface area contributed by atoms with E-state index in [9.17, 15) is 0 Å². The van der Waals surface area contributed by atoms with E-state index in [2.05, 4.69) is 29.5 Å². The fourth-order valence-electron chi connectivity index (χ4n) is 1.88. The molecule has 1 aliphatic heterocycles. The second kappa shape index (κ2) is 6.69. The van der Waals surface area contributed by atoms with Crippen LogP contribution in [0.5, 0.6) is 0 Å². The van der Waals surface area contributed by atoms with Crippen LogP contribution >= 0.6 is 0 Å². The van der Waals surface area contributed by atoms with Crippen molar-refractivity contribution < 1.29 is 0 Å². The number of hydrogen-bond donors (Lipinski definition) is 3. The van der Waals surface area contributed by atoms with Gasteiger partial charge in [0.25, 0.3) is 0 Å². The molecule has 0 saturated carbocycles. The standard InChI is InChI=1S/C11H24N4/c1-3-10(14-12)9-13-11-5-7-15(4-2)8-6-11/h9,11,13-14H,3-8,12H2,1-2H3/b10-9-. The second-order valence-electron chi connectivity index (χ2n) is 4.04. The summed E-state index contributed by atoms with van der Waals surface area (Å²) in [6.45, 7) is 7.90. The van der Waals surface area contributed by atoms with Crippen molar-refractivity contribution in [1.82, 2.24) is 15.6 Å². The van der Waals surface area contributed by atoms with Crippen LogP contribution in [0.2, 0.25) is 0 Å². The minimum absolute atomic E-state index is 0.614. The Labute approximate surface area is 92.9 Å². The third-order valence-electron chi connectivity index (χ3n) is 3.09. The maximum Gasteiger partial charge on any atom is 0.0413 e. The molecule has 0 aromatic carbocycles. The van der Waals surface area contributed by atoms with Crippen molar-refractivity contribution in [2.45, 2.75) is 39.2 Å². The molecule has 4 heteroatoms. The lowest BCUT2D eigenvalue weighted by molar-refractivity contribution is 0.213. The van der Waals surface area contributed by atoms with Gasteiger partial charge in [-0.1, -0.05) is 13.8 Å². The van der Waals surface area contributed by atoms with Gasteiger partial charge in [0.1, 0.15) is 0 Å². The van der Waals surface area contributed by atoms with Gasteiger partial charge < -0.3 is 15.6 Å². The fraction of sp³-hybridized carbons (Fsp3) is 0.818. The third-order valence-corrected chi connectivity index (χ3v) is 3.09. The summed E-state index contributed by atoms with van der Waals surface area (Å²) in [5, 5.41) is 3.44. The van der Waals surface area contributed by atoms with Crippen LogP contribution in [0.1, 0.15) is 33.1 Å². The van der Waals surface area contributed by atoms with E-state index in [1.807, 2.05) is 6.20 Å². The van der Waals surface area contributed by atoms with Gasteiger partial charge in [0.2, 0.25) is 0 Å². The maximum atomic E-state index is 5.38. The maximum absolute atomic E-state index is 5.38. The molecule has 0 bridgehead atoms. The SMILES string of the molecule is CC/C(=C/NC1CCN(CC)CC1)NN. The molecular weight excluding hydrogens is 188 g/mol. The van der Waals surface area contributed by atoms with Crippen LogP contribution in [0.25, 0.3) is 0 Å². The molecule has 1 aliphatic rings. The van der Waals surface area contributed by atoms with E-state index in [1.54, 1.807) is 0 Å². The topological polar surface area (TPSA) is 53.3 Å². The Morgan fingerprint density at radius 3 is 2.53 bits per heavy atom. The Morgan fingerprint density at radius 2 is 2.07 bits per heavy atom. The summed E-state index contributed by atoms with van der Waals surface area (Å²) in [6.07, 6.45) is 5.42. The van der Waals surface area contributed by atoms with E-state index >= 15 is 0 Å². The van der Waals surface area contributed by atoms with E-state index in [0.717, 1.165) is 12.1 Å². The number of hydrogen-bond acceptors (Lipinski definition) is 4. The first-order valence-corrected chi connectivity index (χ1v) is 5.94. The normalized spacial score (nSPS) is 20.3. The monoisotopic (exact) mass is 212 g/mol. The average Bonchev–Trinajstić information content (AvgIpc) is 2.31. The fourth-order valence-corrected chi connectivity index (χ4v) is 1.88. The highest BCUT2D eigenvalue weighted by Crippen LogP contribution is 2.09. The van der Waals surface area contributed by atoms with Gasteiger partial charge in [-0.2, -0.15) is 0 Å². The van der Waals surface area contributed by atoms with Crippen LogP contribution < -0.4 is 16.6 Å². The van der Waals surface area contributed by atoms with Crippen molar-refractivity contribution in [3.63, 3.8) is 0 Å². The van der Waals surface area contributed by atoms with E-state index in [-0.39, 0.29) is 0 Å². The van der Waals surface area contributed by atoms with Crippen LogP contribution in [-0.2, 0) is 0 Å². The third kappa shape index (κ3) is 4.10. The molecule has 88 valence electrons. The molecular formula is C11H24N4. The van der Waals surface area contributed by atoms with Crippen molar-refractivity contribution in [3.05, 3.63) is 11.9 Å². The molecule has 0 aliphatic carbocycles. The number of nitrogens with one attached hydrogen (secondary N) is 2. The van der Waals surface area contributed by atoms with Gasteiger partial charge in [-0.3, -0.25) is 5.84 Å². The van der Waals surface area contributed by atoms with E-state index < -0.39 is 0 Å². The molecule has 1 saturated heterocycles. The number of hydrazine groups is 1. The first-order valence-electron chi connectivity index (χ1n) is 5.94. The molecule has 15 heavy (non-hydrogen) atoms. The van der Waals surface area contributed by atoms with E-state index in [4.69, 9.17) is 5.84 Å². The molecule has 4 N–H and O–H groups in total. The van der Waals surface area contributed by atoms with E-state index in [0.29, 0.717) is 6.04 Å². The predicted molar refractivity (Wildman–Crippen MR) is 64.0 cm³/mol. The molecule has 0 unspecified atom stereocenters. The van der Waals surface area contributed by atoms with Gasteiger partial charge in [0, 0.05) is 31.0 Å². The lowest BCUT2D eigenvalue weighted by atomic mass is 10.1. The largest absolute Gasteiger partial charge is 0.387 e. The van der Waals surface area contributed by atoms with Crippen LogP contribution in [0.3, 0.4) is 0 Å². The van der Waals surface area contributed by atoms with Crippen molar-refractivity contribution in [3.8, 4) is 0 Å². The van der Waals surface area contributed by atoms with Crippen molar-refractivity contribution in [2.75, 3.05) is 19.6 Å². The Morgan fingerprint density at radius 1 is 1.40 bits per heavy atom. The van der Waals surface area contributed by atoms with Crippen LogP contribution in [0.15, 0.2) is 11.9 Å². The molecule has 4 nitrogen and oxygen atoms in total. The Kier molecular flexibility index (Phi) is 5.50. The number of likely N-dealkylation sites (tertiary alicyclic amines) is 1. The van der Waals surface area contributed by atoms with Gasteiger partial charge in [-0.05, 0) is 25.8 Å². The molecule has 1 rings (SSSR count). The minimum atomic E-state index is 0.614. The number of nitrogens with two attached hydrogens (primary N) is 1. The van der Waals surface area contributed by atoms with Crippen LogP contribution in [0, 0.1) is 0 Å². The molecule has 0 radical (unpaired) electrons. The highest BCUT2D eigenvalue weighted by Gasteiger charge is 2.16. The highest BCUT2D eigenvalue weighted by atomic mass is 15.2. The lowest BCUT2D eigenvalue weighted by Gasteiger charge is -2.31. The van der Waals surface area contributed by atoms with Gasteiger partial charge in [-0.15, -0.1) is 0 Å². The molecule has 0 spiro atoms. The van der Waals surface area contributed by atoms with Crippen LogP contribution in [0.4, 0.5) is 0 Å². The predicted octanol–water partition coefficient (Wildman–Crippen LogP) is 0.775. The van der Waals surface area contributed by atoms with Crippen molar-refractivity contribution in [1.29, 1.82) is 0 Å². The summed E-state index contributed by atoms with van der Waals surface area (Å²) >= 11 is 0. The quantitative estimate of drug-likeness (QED) is 0.465. The number of rotatable bonds is 5. The second-order valence-corrected chi connectivity index (χ2v) is 4.04. The molecule has 0 atom stereocenters. The van der Waals surface area contributed by atoms with Gasteiger partial charge in [0.05, 0.1) is 0 Å². The summed E-state index contributed by atoms with van der Waals surface area (Å²) in [4.78, 5) is 2.49. The zero-order chi connectivity index (χ0) is 11.1. The number of nitrogens with zero attached hydrogens (tertiary/aromatic N) is 1. The smallest absolute Gasteiger partial charge is 0.0413 e. The lowest BCUT2D eigenvalue weighted by Crippen LogP contribution is -2.41. The van der Waals surface area contributed by atoms with Gasteiger partial charge in [-0.25, -0.2) is 0 Å². The molecule has 1 fully saturated rings. The molecule has 0 aromatic heterocycles. The van der Waals surface area contributed by atoms with Crippen molar-refractivity contribution >= 4 is 0 Å². The number of allylic oxidation sites excluding steroid dienone is 1. The molecule has 0 aromatic rings. The first-order chi connectivity index (χ1) is 7.30. The van der Waals surface area contributed by atoms with E-state index in [1.165, 1.54) is 32.5 Å². The van der Waals surface area contributed by atoms with Gasteiger partial charge >= 0.3 is 0 Å². The zero-order valence-electron chi connectivity index (χ0n) is 9.92. The summed E-state index contributed by atoms with van der Waals surface area (Å²) in [5.74, 6) is 5.38. The van der Waals surface area contributed by atoms with Crippen molar-refractivity contribution in [2.24, 2.45) is 5.84 Å². The minimum Gasteiger partial charge on any atom is -0.387 e. The summed E-state index contributed by atoms with van der Waals surface area (Å²) in [6, 6.07) is 0.614. The average molecular weight is 212 g/mol. The molecule has 1 heterocycles. The summed E-state index contributed by atoms with van der Waals surface area (Å²) < 4.78 is 0. The zero-order valence-corrected chi connectivity index (χ0v) is 9.92. The van der Waals surface area contributed by atoms with Crippen LogP contribution in [-0.4, -0.2) is 30.6 Å². The number of piperidine rings is 1. The van der Waals surface area contributed by atoms with Gasteiger partial charge in [0.15, 0.2) is 0 Å². The summed E-state index contributed by atoms with van der Waals surface area (Å²) in [7, 11) is 0. The Bertz CT molecular complexity index is 189.